The molecule has 0 aliphatic rings. The average molecular weight is 452 g/mol. The van der Waals surface area contributed by atoms with Crippen LogP contribution in [-0.2, 0) is 11.6 Å². The van der Waals surface area contributed by atoms with E-state index in [2.05, 4.69) is 41.0 Å². The number of nitrogens with zero attached hydrogens (tertiary/aromatic N) is 2. The van der Waals surface area contributed by atoms with E-state index in [9.17, 15) is 13.2 Å². The van der Waals surface area contributed by atoms with Crippen molar-refractivity contribution in [3.8, 4) is 22.9 Å². The van der Waals surface area contributed by atoms with Gasteiger partial charge >= 0.3 is 6.18 Å². The molecule has 4 aromatic rings. The van der Waals surface area contributed by atoms with Crippen LogP contribution in [0.2, 0.25) is 0 Å². The van der Waals surface area contributed by atoms with Crippen LogP contribution in [0.25, 0.3) is 11.3 Å². The fourth-order valence-corrected chi connectivity index (χ4v) is 3.42. The summed E-state index contributed by atoms with van der Waals surface area (Å²) in [4.78, 5) is 10.8. The smallest absolute Gasteiger partial charge is 0.433 e. The van der Waals surface area contributed by atoms with Crippen LogP contribution < -0.4 is 10.1 Å². The lowest BCUT2D eigenvalue weighted by Crippen LogP contribution is -2.12. The van der Waals surface area contributed by atoms with Crippen LogP contribution in [-0.4, -0.2) is 15.0 Å². The molecule has 5 nitrogen and oxygen atoms in total. The average Bonchev–Trinajstić information content (AvgIpc) is 3.20. The summed E-state index contributed by atoms with van der Waals surface area (Å²) in [6.07, 6.45) is -3.04. The molecule has 2 heterocycles. The molecular weight excluding hydrogens is 429 g/mol. The second-order valence-corrected chi connectivity index (χ2v) is 8.50. The molecule has 0 saturated heterocycles. The number of para-hydroxylation sites is 1. The summed E-state index contributed by atoms with van der Waals surface area (Å²) < 4.78 is 47.1. The van der Waals surface area contributed by atoms with Gasteiger partial charge in [-0.05, 0) is 23.6 Å². The summed E-state index contributed by atoms with van der Waals surface area (Å²) in [6, 6.07) is 19.1. The van der Waals surface area contributed by atoms with E-state index >= 15 is 0 Å². The van der Waals surface area contributed by atoms with Crippen molar-refractivity contribution in [3.05, 3.63) is 84.2 Å². The molecule has 2 aromatic carbocycles. The highest BCUT2D eigenvalue weighted by atomic mass is 19.4. The first-order valence-corrected chi connectivity index (χ1v) is 10.3. The highest BCUT2D eigenvalue weighted by Gasteiger charge is 2.37. The predicted molar refractivity (Wildman–Crippen MR) is 122 cm³/mol. The minimum Gasteiger partial charge on any atom is -0.437 e. The largest absolute Gasteiger partial charge is 0.437 e. The first-order valence-electron chi connectivity index (χ1n) is 10.3. The Morgan fingerprint density at radius 2 is 1.58 bits per heavy atom. The van der Waals surface area contributed by atoms with E-state index < -0.39 is 11.9 Å². The van der Waals surface area contributed by atoms with Crippen LogP contribution >= 0.6 is 0 Å². The van der Waals surface area contributed by atoms with Gasteiger partial charge in [-0.25, -0.2) is 9.97 Å². The van der Waals surface area contributed by atoms with Gasteiger partial charge in [0.2, 0.25) is 11.8 Å². The number of aromatic amines is 1. The highest BCUT2D eigenvalue weighted by Crippen LogP contribution is 2.39. The number of anilines is 2. The number of ether oxygens (including phenoxy) is 1. The molecule has 0 fully saturated rings. The van der Waals surface area contributed by atoms with E-state index in [4.69, 9.17) is 4.74 Å². The molecule has 4 rings (SSSR count). The Bertz CT molecular complexity index is 1240. The molecule has 0 saturated carbocycles. The van der Waals surface area contributed by atoms with Gasteiger partial charge in [0.15, 0.2) is 0 Å². The summed E-state index contributed by atoms with van der Waals surface area (Å²) in [5.41, 5.74) is 0.423. The zero-order chi connectivity index (χ0) is 23.6. The maximum Gasteiger partial charge on any atom is 0.433 e. The fraction of sp³-hybridized carbons (Fsp3) is 0.200. The number of rotatable bonds is 5. The molecule has 2 aromatic heterocycles. The van der Waals surface area contributed by atoms with Crippen molar-refractivity contribution in [2.45, 2.75) is 32.4 Å². The quantitative estimate of drug-likeness (QED) is 0.333. The Balaban J connectivity index is 1.69. The maximum absolute atomic E-state index is 13.7. The Hall–Kier alpha value is -3.81. The molecular formula is C25H23F3N4O. The number of aromatic nitrogens is 3. The zero-order valence-electron chi connectivity index (χ0n) is 18.4. The topological polar surface area (TPSA) is 62.8 Å². The van der Waals surface area contributed by atoms with Crippen LogP contribution in [0, 0.1) is 0 Å². The summed E-state index contributed by atoms with van der Waals surface area (Å²) in [7, 11) is 0. The number of hydrogen-bond acceptors (Lipinski definition) is 4. The zero-order valence-corrected chi connectivity index (χ0v) is 18.4. The second-order valence-electron chi connectivity index (χ2n) is 8.50. The monoisotopic (exact) mass is 452 g/mol. The summed E-state index contributed by atoms with van der Waals surface area (Å²) in [5, 5.41) is 2.90. The van der Waals surface area contributed by atoms with E-state index in [0.29, 0.717) is 17.0 Å². The first kappa shape index (κ1) is 22.4. The van der Waals surface area contributed by atoms with Gasteiger partial charge in [-0.2, -0.15) is 13.2 Å². The Morgan fingerprint density at radius 3 is 2.27 bits per heavy atom. The summed E-state index contributed by atoms with van der Waals surface area (Å²) in [5.74, 6) is 0.774. The molecule has 8 heteroatoms. The van der Waals surface area contributed by atoms with Crippen molar-refractivity contribution in [1.82, 2.24) is 15.0 Å². The van der Waals surface area contributed by atoms with Gasteiger partial charge < -0.3 is 15.0 Å². The molecule has 0 atom stereocenters. The van der Waals surface area contributed by atoms with Crippen molar-refractivity contribution < 1.29 is 17.9 Å². The lowest BCUT2D eigenvalue weighted by atomic mass is 9.86. The standard InChI is InChI=1S/C25H23F3N4O/c1-24(2,3)17-12-7-8-14-19(17)33-22-18(13-9-15-29-22)30-23-31-20(16-10-5-4-6-11-16)21(32-23)25(26,27)28/h4-15H,1-3H3,(H2,30,31,32). The maximum atomic E-state index is 13.7. The van der Waals surface area contributed by atoms with Gasteiger partial charge in [0.25, 0.3) is 0 Å². The molecule has 0 unspecified atom stereocenters. The van der Waals surface area contributed by atoms with Crippen LogP contribution in [0.3, 0.4) is 0 Å². The Labute approximate surface area is 189 Å². The van der Waals surface area contributed by atoms with Crippen molar-refractivity contribution in [2.75, 3.05) is 5.32 Å². The van der Waals surface area contributed by atoms with Crippen molar-refractivity contribution >= 4 is 11.6 Å². The normalized spacial score (nSPS) is 11.9. The number of nitrogens with one attached hydrogen (secondary N) is 2. The Morgan fingerprint density at radius 1 is 0.879 bits per heavy atom. The molecule has 170 valence electrons. The van der Waals surface area contributed by atoms with E-state index in [1.165, 1.54) is 0 Å². The second kappa shape index (κ2) is 8.61. The van der Waals surface area contributed by atoms with E-state index in [1.807, 2.05) is 24.3 Å². The number of imidazole rings is 1. The number of alkyl halides is 3. The van der Waals surface area contributed by atoms with Gasteiger partial charge in [-0.1, -0.05) is 69.3 Å². The third-order valence-electron chi connectivity index (χ3n) is 4.96. The van der Waals surface area contributed by atoms with Gasteiger partial charge in [0.1, 0.15) is 22.8 Å². The van der Waals surface area contributed by atoms with E-state index in [0.717, 1.165) is 5.56 Å². The highest BCUT2D eigenvalue weighted by molar-refractivity contribution is 5.68. The third kappa shape index (κ3) is 5.00. The van der Waals surface area contributed by atoms with E-state index in [-0.39, 0.29) is 22.9 Å². The van der Waals surface area contributed by atoms with Crippen molar-refractivity contribution in [1.29, 1.82) is 0 Å². The Kier molecular flexibility index (Phi) is 5.84. The van der Waals surface area contributed by atoms with Gasteiger partial charge in [-0.15, -0.1) is 0 Å². The van der Waals surface area contributed by atoms with E-state index in [1.54, 1.807) is 48.7 Å². The minimum absolute atomic E-state index is 0.0665. The molecule has 0 spiro atoms. The molecule has 2 N–H and O–H groups in total. The molecule has 0 bridgehead atoms. The van der Waals surface area contributed by atoms with Gasteiger partial charge in [0.05, 0.1) is 0 Å². The van der Waals surface area contributed by atoms with Crippen LogP contribution in [0.4, 0.5) is 24.8 Å². The summed E-state index contributed by atoms with van der Waals surface area (Å²) >= 11 is 0. The summed E-state index contributed by atoms with van der Waals surface area (Å²) in [6.45, 7) is 6.21. The van der Waals surface area contributed by atoms with Crippen molar-refractivity contribution in [3.63, 3.8) is 0 Å². The number of pyridine rings is 1. The molecule has 0 amide bonds. The van der Waals surface area contributed by atoms with Crippen molar-refractivity contribution in [2.24, 2.45) is 0 Å². The SMILES string of the molecule is CC(C)(C)c1ccccc1Oc1ncccc1Nc1nc(-c2ccccc2)c(C(F)(F)F)[nH]1. The first-order chi connectivity index (χ1) is 15.6. The fourth-order valence-electron chi connectivity index (χ4n) is 3.42. The molecule has 0 aliphatic carbocycles. The number of H-pyrrole nitrogens is 1. The number of hydrogen-bond donors (Lipinski definition) is 2. The third-order valence-corrected chi connectivity index (χ3v) is 4.96. The lowest BCUT2D eigenvalue weighted by molar-refractivity contribution is -0.140. The van der Waals surface area contributed by atoms with Gasteiger partial charge in [0, 0.05) is 17.3 Å². The molecule has 0 aliphatic heterocycles. The molecule has 33 heavy (non-hydrogen) atoms. The predicted octanol–water partition coefficient (Wildman–Crippen LogP) is 7.32. The van der Waals surface area contributed by atoms with Gasteiger partial charge in [-0.3, -0.25) is 0 Å². The lowest BCUT2D eigenvalue weighted by Gasteiger charge is -2.22. The van der Waals surface area contributed by atoms with Crippen LogP contribution in [0.5, 0.6) is 11.6 Å². The van der Waals surface area contributed by atoms with Crippen LogP contribution in [0.15, 0.2) is 72.9 Å². The number of benzene rings is 2. The van der Waals surface area contributed by atoms with Crippen LogP contribution in [0.1, 0.15) is 32.0 Å². The molecule has 0 radical (unpaired) electrons. The number of halogens is 3. The minimum atomic E-state index is -4.60.